The van der Waals surface area contributed by atoms with E-state index in [-0.39, 0.29) is 17.9 Å². The summed E-state index contributed by atoms with van der Waals surface area (Å²) in [6.07, 6.45) is 4.75. The Morgan fingerprint density at radius 2 is 2.36 bits per heavy atom. The molecule has 1 N–H and O–H groups in total. The maximum Gasteiger partial charge on any atom is 0.254 e. The number of amides is 1. The summed E-state index contributed by atoms with van der Waals surface area (Å²) >= 11 is 1.65. The molecule has 0 aliphatic carbocycles. The Labute approximate surface area is 137 Å². The largest absolute Gasteiger partial charge is 0.396 e. The lowest BCUT2D eigenvalue weighted by Gasteiger charge is -2.42. The van der Waals surface area contributed by atoms with Crippen molar-refractivity contribution < 1.29 is 14.6 Å². The van der Waals surface area contributed by atoms with Crippen molar-refractivity contribution in [1.82, 2.24) is 4.90 Å². The smallest absolute Gasteiger partial charge is 0.254 e. The quantitative estimate of drug-likeness (QED) is 0.784. The maximum atomic E-state index is 12.7. The minimum atomic E-state index is -0.157. The Kier molecular flexibility index (Phi) is 6.41. The first-order chi connectivity index (χ1) is 10.6. The highest BCUT2D eigenvalue weighted by Crippen LogP contribution is 2.35. The molecule has 5 heteroatoms. The van der Waals surface area contributed by atoms with Gasteiger partial charge in [-0.25, -0.2) is 0 Å². The predicted molar refractivity (Wildman–Crippen MR) is 89.5 cm³/mol. The molecule has 1 aliphatic rings. The van der Waals surface area contributed by atoms with Crippen LogP contribution < -0.4 is 0 Å². The minimum absolute atomic E-state index is 0.111. The molecule has 1 saturated heterocycles. The molecule has 0 radical (unpaired) electrons. The van der Waals surface area contributed by atoms with E-state index in [0.29, 0.717) is 13.2 Å². The lowest BCUT2D eigenvalue weighted by Crippen LogP contribution is -2.48. The summed E-state index contributed by atoms with van der Waals surface area (Å²) in [5.74, 6) is 0.111. The van der Waals surface area contributed by atoms with Crippen LogP contribution in [-0.2, 0) is 11.2 Å². The van der Waals surface area contributed by atoms with Gasteiger partial charge in [0.1, 0.15) is 0 Å². The van der Waals surface area contributed by atoms with Crippen LogP contribution in [0.3, 0.4) is 0 Å². The molecular formula is C17H27NO3S. The first-order valence-corrected chi connectivity index (χ1v) is 8.98. The molecule has 1 aromatic rings. The second-order valence-corrected chi connectivity index (χ2v) is 7.24. The summed E-state index contributed by atoms with van der Waals surface area (Å²) in [5.41, 5.74) is 0.642. The second kappa shape index (κ2) is 8.09. The normalized spacial score (nSPS) is 22.0. The molecule has 1 fully saturated rings. The summed E-state index contributed by atoms with van der Waals surface area (Å²) in [4.78, 5) is 15.9. The second-order valence-electron chi connectivity index (χ2n) is 6.24. The van der Waals surface area contributed by atoms with E-state index in [1.54, 1.807) is 18.4 Å². The van der Waals surface area contributed by atoms with Gasteiger partial charge in [0.25, 0.3) is 5.91 Å². The van der Waals surface area contributed by atoms with Crippen LogP contribution in [0.4, 0.5) is 0 Å². The number of aliphatic hydroxyl groups excluding tert-OH is 1. The molecule has 1 atom stereocenters. The fraction of sp³-hybridized carbons (Fsp3) is 0.706. The molecule has 1 amide bonds. The number of thiophene rings is 1. The zero-order valence-electron chi connectivity index (χ0n) is 13.6. The number of carbonyl (C=O) groups excluding carboxylic acids is 1. The standard InChI is InChI=1S/C17H27NO3S/c1-3-15-10-14(11-22-15)16(20)18-8-4-6-17(12-18,13-19)7-5-9-21-2/h10-11,19H,3-9,12-13H2,1-2H3/t17-/m0/s1. The van der Waals surface area contributed by atoms with Crippen LogP contribution in [0.25, 0.3) is 0 Å². The molecule has 2 rings (SSSR count). The predicted octanol–water partition coefficient (Wildman–Crippen LogP) is 2.95. The van der Waals surface area contributed by atoms with Gasteiger partial charge in [0.05, 0.1) is 12.2 Å². The van der Waals surface area contributed by atoms with Crippen LogP contribution in [0.2, 0.25) is 0 Å². The molecule has 4 nitrogen and oxygen atoms in total. The van der Waals surface area contributed by atoms with Gasteiger partial charge in [0, 0.05) is 42.5 Å². The summed E-state index contributed by atoms with van der Waals surface area (Å²) in [6.45, 7) is 4.41. The van der Waals surface area contributed by atoms with Crippen molar-refractivity contribution in [2.75, 3.05) is 33.4 Å². The van der Waals surface area contributed by atoms with E-state index in [2.05, 4.69) is 6.92 Å². The number of rotatable bonds is 7. The van der Waals surface area contributed by atoms with Crippen LogP contribution in [0.1, 0.15) is 47.8 Å². The topological polar surface area (TPSA) is 49.8 Å². The zero-order valence-corrected chi connectivity index (χ0v) is 14.5. The number of hydrogen-bond donors (Lipinski definition) is 1. The number of aliphatic hydroxyl groups is 1. The van der Waals surface area contributed by atoms with Crippen LogP contribution in [0.5, 0.6) is 0 Å². The fourth-order valence-corrected chi connectivity index (χ4v) is 4.05. The molecule has 0 spiro atoms. The average molecular weight is 325 g/mol. The van der Waals surface area contributed by atoms with Gasteiger partial charge in [-0.05, 0) is 38.2 Å². The van der Waals surface area contributed by atoms with Crippen molar-refractivity contribution in [1.29, 1.82) is 0 Å². The SMILES string of the molecule is CCc1cc(C(=O)N2CCC[C@](CO)(CCCOC)C2)cs1. The molecule has 0 bridgehead atoms. The average Bonchev–Trinajstić information content (AvgIpc) is 3.03. The van der Waals surface area contributed by atoms with E-state index in [4.69, 9.17) is 4.74 Å². The minimum Gasteiger partial charge on any atom is -0.396 e. The molecule has 0 aromatic carbocycles. The number of likely N-dealkylation sites (tertiary alicyclic amines) is 1. The molecule has 22 heavy (non-hydrogen) atoms. The molecule has 1 aliphatic heterocycles. The number of ether oxygens (including phenoxy) is 1. The van der Waals surface area contributed by atoms with E-state index in [9.17, 15) is 9.90 Å². The third-order valence-electron chi connectivity index (χ3n) is 4.59. The van der Waals surface area contributed by atoms with Crippen LogP contribution >= 0.6 is 11.3 Å². The third kappa shape index (κ3) is 4.09. The first-order valence-electron chi connectivity index (χ1n) is 8.10. The molecule has 0 unspecified atom stereocenters. The Morgan fingerprint density at radius 1 is 1.55 bits per heavy atom. The third-order valence-corrected chi connectivity index (χ3v) is 5.67. The highest BCUT2D eigenvalue weighted by atomic mass is 32.1. The summed E-state index contributed by atoms with van der Waals surface area (Å²) in [6, 6.07) is 2.01. The van der Waals surface area contributed by atoms with Crippen LogP contribution in [-0.4, -0.2) is 49.3 Å². The molecule has 124 valence electrons. The summed E-state index contributed by atoms with van der Waals surface area (Å²) in [7, 11) is 1.70. The highest BCUT2D eigenvalue weighted by Gasteiger charge is 2.36. The van der Waals surface area contributed by atoms with Gasteiger partial charge in [0.15, 0.2) is 0 Å². The van der Waals surface area contributed by atoms with Crippen molar-refractivity contribution >= 4 is 17.2 Å². The Balaban J connectivity index is 2.03. The molecular weight excluding hydrogens is 298 g/mol. The van der Waals surface area contributed by atoms with Crippen LogP contribution in [0, 0.1) is 5.41 Å². The Morgan fingerprint density at radius 3 is 3.00 bits per heavy atom. The number of aryl methyl sites for hydroxylation is 1. The number of methoxy groups -OCH3 is 1. The van der Waals surface area contributed by atoms with E-state index in [0.717, 1.165) is 44.2 Å². The number of hydrogen-bond acceptors (Lipinski definition) is 4. The van der Waals surface area contributed by atoms with Crippen molar-refractivity contribution in [2.24, 2.45) is 5.41 Å². The first kappa shape index (κ1) is 17.4. The summed E-state index contributed by atoms with van der Waals surface area (Å²) < 4.78 is 5.12. The van der Waals surface area contributed by atoms with Crippen molar-refractivity contribution in [3.05, 3.63) is 21.9 Å². The van der Waals surface area contributed by atoms with Gasteiger partial charge in [0.2, 0.25) is 0 Å². The van der Waals surface area contributed by atoms with E-state index in [1.165, 1.54) is 4.88 Å². The number of nitrogens with zero attached hydrogens (tertiary/aromatic N) is 1. The van der Waals surface area contributed by atoms with Gasteiger partial charge >= 0.3 is 0 Å². The zero-order chi connectivity index (χ0) is 16.0. The molecule has 1 aromatic heterocycles. The lowest BCUT2D eigenvalue weighted by atomic mass is 9.77. The summed E-state index contributed by atoms with van der Waals surface area (Å²) in [5, 5.41) is 11.8. The monoisotopic (exact) mass is 325 g/mol. The van der Waals surface area contributed by atoms with Gasteiger partial charge in [-0.3, -0.25) is 4.79 Å². The van der Waals surface area contributed by atoms with Gasteiger partial charge in [-0.15, -0.1) is 11.3 Å². The van der Waals surface area contributed by atoms with Crippen molar-refractivity contribution in [3.8, 4) is 0 Å². The van der Waals surface area contributed by atoms with E-state index >= 15 is 0 Å². The Bertz CT molecular complexity index is 488. The Hall–Kier alpha value is -0.910. The van der Waals surface area contributed by atoms with Crippen molar-refractivity contribution in [3.63, 3.8) is 0 Å². The van der Waals surface area contributed by atoms with E-state index in [1.807, 2.05) is 16.3 Å². The van der Waals surface area contributed by atoms with Gasteiger partial charge in [-0.2, -0.15) is 0 Å². The van der Waals surface area contributed by atoms with Crippen LogP contribution in [0.15, 0.2) is 11.4 Å². The fourth-order valence-electron chi connectivity index (χ4n) is 3.25. The van der Waals surface area contributed by atoms with Crippen molar-refractivity contribution in [2.45, 2.75) is 39.0 Å². The molecule has 0 saturated carbocycles. The van der Waals surface area contributed by atoms with Gasteiger partial charge in [-0.1, -0.05) is 6.92 Å². The lowest BCUT2D eigenvalue weighted by molar-refractivity contribution is 0.0180. The number of piperidine rings is 1. The van der Waals surface area contributed by atoms with Gasteiger partial charge < -0.3 is 14.7 Å². The number of carbonyl (C=O) groups is 1. The maximum absolute atomic E-state index is 12.7. The van der Waals surface area contributed by atoms with E-state index < -0.39 is 0 Å². The highest BCUT2D eigenvalue weighted by molar-refractivity contribution is 7.10. The molecule has 2 heterocycles.